The van der Waals surface area contributed by atoms with Crippen LogP contribution in [0.1, 0.15) is 11.5 Å². The molecule has 0 aliphatic carbocycles. The Morgan fingerprint density at radius 3 is 2.27 bits per heavy atom. The van der Waals surface area contributed by atoms with Crippen LogP contribution in [-0.2, 0) is 4.79 Å². The van der Waals surface area contributed by atoms with Crippen LogP contribution in [0.3, 0.4) is 0 Å². The molecular weight excluding hydrogens is 188 g/mol. The molecule has 2 heteroatoms. The second-order valence-corrected chi connectivity index (χ2v) is 3.09. The van der Waals surface area contributed by atoms with E-state index >= 15 is 0 Å². The van der Waals surface area contributed by atoms with E-state index in [4.69, 9.17) is 5.11 Å². The normalized spacial score (nSPS) is 12.1. The Hall–Kier alpha value is -1.83. The first kappa shape index (κ1) is 11.2. The number of carboxylic acid groups (broad SMARTS) is 1. The molecule has 2 nitrogen and oxygen atoms in total. The van der Waals surface area contributed by atoms with E-state index in [2.05, 4.69) is 13.2 Å². The zero-order chi connectivity index (χ0) is 11.3. The van der Waals surface area contributed by atoms with Gasteiger partial charge in [-0.3, -0.25) is 4.79 Å². The van der Waals surface area contributed by atoms with Crippen molar-refractivity contribution in [1.29, 1.82) is 0 Å². The molecule has 0 aromatic heterocycles. The number of carbonyl (C=O) groups is 1. The van der Waals surface area contributed by atoms with Crippen molar-refractivity contribution in [3.05, 3.63) is 67.1 Å². The lowest BCUT2D eigenvalue weighted by Gasteiger charge is -2.16. The first-order valence-electron chi connectivity index (χ1n) is 4.60. The SMILES string of the molecule is C=C[C](C(=O)O)C(C=C)c1ccccc1. The lowest BCUT2D eigenvalue weighted by molar-refractivity contribution is -0.134. The summed E-state index contributed by atoms with van der Waals surface area (Å²) in [4.78, 5) is 10.9. The number of allylic oxidation sites excluding steroid dienone is 1. The molecule has 0 saturated carbocycles. The van der Waals surface area contributed by atoms with Gasteiger partial charge in [-0.1, -0.05) is 42.5 Å². The Morgan fingerprint density at radius 1 is 1.27 bits per heavy atom. The van der Waals surface area contributed by atoms with Gasteiger partial charge in [0.05, 0.1) is 0 Å². The molecule has 77 valence electrons. The summed E-state index contributed by atoms with van der Waals surface area (Å²) in [5.41, 5.74) is 0.907. The van der Waals surface area contributed by atoms with Crippen LogP contribution in [0.25, 0.3) is 0 Å². The van der Waals surface area contributed by atoms with Crippen molar-refractivity contribution in [2.75, 3.05) is 0 Å². The van der Waals surface area contributed by atoms with Crippen molar-refractivity contribution < 1.29 is 9.90 Å². The highest BCUT2D eigenvalue weighted by Gasteiger charge is 2.24. The number of benzene rings is 1. The minimum Gasteiger partial charge on any atom is -0.481 e. The van der Waals surface area contributed by atoms with Crippen molar-refractivity contribution in [3.63, 3.8) is 0 Å². The van der Waals surface area contributed by atoms with Crippen molar-refractivity contribution >= 4 is 5.97 Å². The molecule has 15 heavy (non-hydrogen) atoms. The molecule has 1 rings (SSSR count). The van der Waals surface area contributed by atoms with Crippen LogP contribution >= 0.6 is 0 Å². The second kappa shape index (κ2) is 5.15. The lowest BCUT2D eigenvalue weighted by Crippen LogP contribution is -2.16. The first-order valence-corrected chi connectivity index (χ1v) is 4.60. The van der Waals surface area contributed by atoms with E-state index in [1.54, 1.807) is 6.08 Å². The van der Waals surface area contributed by atoms with Crippen LogP contribution < -0.4 is 0 Å². The molecule has 0 heterocycles. The third kappa shape index (κ3) is 2.56. The van der Waals surface area contributed by atoms with Gasteiger partial charge in [-0.15, -0.1) is 13.2 Å². The van der Waals surface area contributed by atoms with Gasteiger partial charge in [0.25, 0.3) is 0 Å². The largest absolute Gasteiger partial charge is 0.481 e. The molecule has 1 unspecified atom stereocenters. The van der Waals surface area contributed by atoms with E-state index in [9.17, 15) is 4.79 Å². The molecule has 1 aromatic rings. The van der Waals surface area contributed by atoms with Crippen LogP contribution in [0.4, 0.5) is 0 Å². The molecule has 0 spiro atoms. The molecule has 1 N–H and O–H groups in total. The summed E-state index contributed by atoms with van der Waals surface area (Å²) in [5.74, 6) is -1.02. The highest BCUT2D eigenvalue weighted by atomic mass is 16.4. The minimum absolute atomic E-state index is 0.246. The predicted octanol–water partition coefficient (Wildman–Crippen LogP) is 2.80. The Balaban J connectivity index is 3.02. The van der Waals surface area contributed by atoms with Crippen LogP contribution in [0.15, 0.2) is 55.6 Å². The van der Waals surface area contributed by atoms with E-state index in [0.29, 0.717) is 0 Å². The smallest absolute Gasteiger partial charge is 0.315 e. The Morgan fingerprint density at radius 2 is 1.87 bits per heavy atom. The summed E-state index contributed by atoms with van der Waals surface area (Å²) in [6.45, 7) is 7.17. The summed E-state index contributed by atoms with van der Waals surface area (Å²) in [7, 11) is 0. The van der Waals surface area contributed by atoms with Gasteiger partial charge in [-0.2, -0.15) is 0 Å². The Labute approximate surface area is 89.6 Å². The number of hydrogen-bond acceptors (Lipinski definition) is 1. The maximum absolute atomic E-state index is 10.9. The monoisotopic (exact) mass is 201 g/mol. The molecule has 1 aromatic carbocycles. The fraction of sp³-hybridized carbons (Fsp3) is 0.0769. The van der Waals surface area contributed by atoms with E-state index < -0.39 is 5.97 Å². The molecule has 0 fully saturated rings. The number of carboxylic acids is 1. The van der Waals surface area contributed by atoms with Crippen molar-refractivity contribution in [2.24, 2.45) is 0 Å². The average Bonchev–Trinajstić information content (AvgIpc) is 2.26. The van der Waals surface area contributed by atoms with Gasteiger partial charge in [-0.25, -0.2) is 0 Å². The average molecular weight is 201 g/mol. The third-order valence-corrected chi connectivity index (χ3v) is 2.20. The summed E-state index contributed by atoms with van der Waals surface area (Å²) >= 11 is 0. The fourth-order valence-electron chi connectivity index (χ4n) is 1.45. The van der Waals surface area contributed by atoms with E-state index in [-0.39, 0.29) is 11.8 Å². The summed E-state index contributed by atoms with van der Waals surface area (Å²) in [5, 5.41) is 8.98. The molecule has 0 saturated heterocycles. The van der Waals surface area contributed by atoms with Gasteiger partial charge < -0.3 is 5.11 Å². The summed E-state index contributed by atoms with van der Waals surface area (Å²) < 4.78 is 0. The van der Waals surface area contributed by atoms with Gasteiger partial charge in [0.1, 0.15) is 5.92 Å². The van der Waals surface area contributed by atoms with Crippen LogP contribution in [0, 0.1) is 5.92 Å². The summed E-state index contributed by atoms with van der Waals surface area (Å²) in [6.07, 6.45) is 2.97. The van der Waals surface area contributed by atoms with Crippen molar-refractivity contribution in [2.45, 2.75) is 5.92 Å². The fourth-order valence-corrected chi connectivity index (χ4v) is 1.45. The van der Waals surface area contributed by atoms with E-state index in [1.807, 2.05) is 30.3 Å². The third-order valence-electron chi connectivity index (χ3n) is 2.20. The zero-order valence-electron chi connectivity index (χ0n) is 8.39. The quantitative estimate of drug-likeness (QED) is 0.744. The highest BCUT2D eigenvalue weighted by Crippen LogP contribution is 2.28. The van der Waals surface area contributed by atoms with Crippen LogP contribution in [-0.4, -0.2) is 11.1 Å². The molecule has 0 aliphatic heterocycles. The maximum atomic E-state index is 10.9. The lowest BCUT2D eigenvalue weighted by atomic mass is 9.86. The van der Waals surface area contributed by atoms with Crippen molar-refractivity contribution in [1.82, 2.24) is 0 Å². The van der Waals surface area contributed by atoms with Crippen LogP contribution in [0.5, 0.6) is 0 Å². The van der Waals surface area contributed by atoms with Crippen LogP contribution in [0.2, 0.25) is 0 Å². The number of hydrogen-bond donors (Lipinski definition) is 1. The van der Waals surface area contributed by atoms with Gasteiger partial charge in [-0.05, 0) is 5.56 Å². The molecule has 1 radical (unpaired) electrons. The molecular formula is C13H13O2. The standard InChI is InChI=1S/C13H13O2/c1-3-11(12(4-2)13(14)15)10-8-6-5-7-9-10/h3-9,11H,1-2H2,(H,14,15). The van der Waals surface area contributed by atoms with E-state index in [0.717, 1.165) is 5.56 Å². The van der Waals surface area contributed by atoms with E-state index in [1.165, 1.54) is 6.08 Å². The Bertz CT molecular complexity index is 354. The highest BCUT2D eigenvalue weighted by molar-refractivity contribution is 5.87. The maximum Gasteiger partial charge on any atom is 0.315 e. The van der Waals surface area contributed by atoms with Gasteiger partial charge in [0.15, 0.2) is 0 Å². The predicted molar refractivity (Wildman–Crippen MR) is 60.5 cm³/mol. The van der Waals surface area contributed by atoms with Gasteiger partial charge >= 0.3 is 5.97 Å². The second-order valence-electron chi connectivity index (χ2n) is 3.09. The molecule has 0 bridgehead atoms. The summed E-state index contributed by atoms with van der Waals surface area (Å²) in [6, 6.07) is 9.37. The molecule has 0 aliphatic rings. The minimum atomic E-state index is -0.959. The Kier molecular flexibility index (Phi) is 3.86. The number of aliphatic carboxylic acids is 1. The number of rotatable bonds is 5. The first-order chi connectivity index (χ1) is 7.20. The van der Waals surface area contributed by atoms with Gasteiger partial charge in [0, 0.05) is 5.92 Å². The van der Waals surface area contributed by atoms with Gasteiger partial charge in [0.2, 0.25) is 0 Å². The zero-order valence-corrected chi connectivity index (χ0v) is 8.39. The molecule has 1 atom stereocenters. The van der Waals surface area contributed by atoms with Crippen molar-refractivity contribution in [3.8, 4) is 0 Å². The molecule has 0 amide bonds. The topological polar surface area (TPSA) is 37.3 Å².